The van der Waals surface area contributed by atoms with E-state index in [9.17, 15) is 14.3 Å². The van der Waals surface area contributed by atoms with Gasteiger partial charge in [0.05, 0.1) is 19.8 Å². The number of unbranched alkanes of at least 4 members (excludes halogenated alkanes) is 30. The molecule has 66 heavy (non-hydrogen) atoms. The van der Waals surface area contributed by atoms with Gasteiger partial charge in [-0.2, -0.15) is 0 Å². The van der Waals surface area contributed by atoms with Crippen LogP contribution in [0.4, 0.5) is 0 Å². The Morgan fingerprint density at radius 3 is 1.29 bits per heavy atom. The molecular formula is C57H106NO7P. The van der Waals surface area contributed by atoms with Gasteiger partial charge in [0.1, 0.15) is 6.10 Å². The van der Waals surface area contributed by atoms with Gasteiger partial charge in [0, 0.05) is 19.6 Å². The first-order chi connectivity index (χ1) is 32.4. The molecule has 2 unspecified atom stereocenters. The Bertz CT molecular complexity index is 1200. The second kappa shape index (κ2) is 54.1. The maximum absolute atomic E-state index is 12.7. The van der Waals surface area contributed by atoms with Crippen molar-refractivity contribution in [2.75, 3.05) is 33.0 Å². The van der Waals surface area contributed by atoms with Gasteiger partial charge in [0.2, 0.25) is 0 Å². The third-order valence-corrected chi connectivity index (χ3v) is 12.9. The van der Waals surface area contributed by atoms with Crippen LogP contribution < -0.4 is 5.73 Å². The number of hydrogen-bond acceptors (Lipinski definition) is 7. The summed E-state index contributed by atoms with van der Waals surface area (Å²) in [6.45, 7) is 4.84. The molecule has 0 heterocycles. The maximum Gasteiger partial charge on any atom is 0.472 e. The molecular weight excluding hydrogens is 842 g/mol. The number of phosphoric ester groups is 1. The van der Waals surface area contributed by atoms with Crippen molar-refractivity contribution in [2.24, 2.45) is 5.73 Å². The molecule has 0 aliphatic carbocycles. The molecule has 0 aromatic carbocycles. The van der Waals surface area contributed by atoms with Gasteiger partial charge in [0.25, 0.3) is 0 Å². The van der Waals surface area contributed by atoms with Crippen molar-refractivity contribution in [3.05, 3.63) is 60.8 Å². The van der Waals surface area contributed by atoms with Crippen LogP contribution in [0.15, 0.2) is 60.8 Å². The summed E-state index contributed by atoms with van der Waals surface area (Å²) in [6.07, 6.45) is 68.4. The van der Waals surface area contributed by atoms with Gasteiger partial charge in [-0.05, 0) is 77.0 Å². The highest BCUT2D eigenvalue weighted by Gasteiger charge is 2.25. The Labute approximate surface area is 408 Å². The lowest BCUT2D eigenvalue weighted by molar-refractivity contribution is -0.154. The molecule has 0 amide bonds. The fourth-order valence-electron chi connectivity index (χ4n) is 7.87. The number of carbonyl (C=O) groups is 1. The topological polar surface area (TPSA) is 117 Å². The zero-order chi connectivity index (χ0) is 48.0. The zero-order valence-electron chi connectivity index (χ0n) is 43.2. The minimum absolute atomic E-state index is 0.0968. The quantitative estimate of drug-likeness (QED) is 0.0268. The summed E-state index contributed by atoms with van der Waals surface area (Å²) in [5, 5.41) is 0. The van der Waals surface area contributed by atoms with Crippen LogP contribution in [0.25, 0.3) is 0 Å². The van der Waals surface area contributed by atoms with Gasteiger partial charge in [0.15, 0.2) is 0 Å². The van der Waals surface area contributed by atoms with E-state index in [1.165, 1.54) is 180 Å². The number of esters is 1. The number of allylic oxidation sites excluding steroid dienone is 10. The SMILES string of the molecule is CC/C=C\C/C=C\C/C=C\C/C=C\CCCCCCCCCCCCCCCOCC(COP(=O)(O)OCCN)OC(=O)CCCCCCCCCCC/C=C\CCCCCCCCCC. The molecule has 9 heteroatoms. The zero-order valence-corrected chi connectivity index (χ0v) is 44.1. The summed E-state index contributed by atoms with van der Waals surface area (Å²) in [5.41, 5.74) is 5.40. The van der Waals surface area contributed by atoms with Crippen LogP contribution in [0.3, 0.4) is 0 Å². The predicted octanol–water partition coefficient (Wildman–Crippen LogP) is 17.7. The lowest BCUT2D eigenvalue weighted by Gasteiger charge is -2.20. The summed E-state index contributed by atoms with van der Waals surface area (Å²) >= 11 is 0. The normalized spacial score (nSPS) is 13.7. The summed E-state index contributed by atoms with van der Waals surface area (Å²) in [5.74, 6) is -0.330. The van der Waals surface area contributed by atoms with Gasteiger partial charge in [-0.1, -0.05) is 235 Å². The van der Waals surface area contributed by atoms with E-state index < -0.39 is 13.9 Å². The average Bonchev–Trinajstić information content (AvgIpc) is 3.31. The van der Waals surface area contributed by atoms with Crippen LogP contribution in [0, 0.1) is 0 Å². The number of carbonyl (C=O) groups excluding carboxylic acids is 1. The first kappa shape index (κ1) is 64.2. The highest BCUT2D eigenvalue weighted by Crippen LogP contribution is 2.43. The van der Waals surface area contributed by atoms with Crippen LogP contribution in [-0.4, -0.2) is 49.9 Å². The number of nitrogens with two attached hydrogens (primary N) is 1. The van der Waals surface area contributed by atoms with Crippen molar-refractivity contribution >= 4 is 13.8 Å². The van der Waals surface area contributed by atoms with Gasteiger partial charge < -0.3 is 20.1 Å². The van der Waals surface area contributed by atoms with Crippen molar-refractivity contribution in [2.45, 2.75) is 264 Å². The number of ether oxygens (including phenoxy) is 2. The Hall–Kier alpha value is -1.80. The van der Waals surface area contributed by atoms with E-state index in [1.54, 1.807) is 0 Å². The molecule has 2 atom stereocenters. The van der Waals surface area contributed by atoms with Crippen molar-refractivity contribution in [3.63, 3.8) is 0 Å². The maximum atomic E-state index is 12.7. The molecule has 8 nitrogen and oxygen atoms in total. The van der Waals surface area contributed by atoms with Crippen molar-refractivity contribution in [3.8, 4) is 0 Å². The van der Waals surface area contributed by atoms with E-state index in [4.69, 9.17) is 24.3 Å². The molecule has 3 N–H and O–H groups in total. The lowest BCUT2D eigenvalue weighted by atomic mass is 10.0. The molecule has 0 aliphatic heterocycles. The fraction of sp³-hybridized carbons (Fsp3) is 0.807. The summed E-state index contributed by atoms with van der Waals surface area (Å²) in [4.78, 5) is 22.6. The third kappa shape index (κ3) is 53.2. The largest absolute Gasteiger partial charge is 0.472 e. The van der Waals surface area contributed by atoms with Gasteiger partial charge >= 0.3 is 13.8 Å². The second-order valence-electron chi connectivity index (χ2n) is 18.4. The predicted molar refractivity (Wildman–Crippen MR) is 284 cm³/mol. The van der Waals surface area contributed by atoms with Gasteiger partial charge in [-0.15, -0.1) is 0 Å². The molecule has 0 saturated carbocycles. The van der Waals surface area contributed by atoms with Crippen molar-refractivity contribution in [1.29, 1.82) is 0 Å². The lowest BCUT2D eigenvalue weighted by Crippen LogP contribution is -2.28. The number of hydrogen-bond donors (Lipinski definition) is 2. The smallest absolute Gasteiger partial charge is 0.457 e. The van der Waals surface area contributed by atoms with E-state index in [0.29, 0.717) is 13.0 Å². The first-order valence-corrected chi connectivity index (χ1v) is 29.3. The molecule has 0 saturated heterocycles. The summed E-state index contributed by atoms with van der Waals surface area (Å²) in [7, 11) is -4.29. The standard InChI is InChI=1S/C57H106NO7P/c1-3-5-7-9-11-13-15-17-19-21-23-25-26-27-28-29-31-33-35-37-39-41-43-45-47-49-52-62-54-56(55-64-66(60,61)63-53-51-58)65-57(59)50-48-46-44-42-40-38-36-34-32-30-24-22-20-18-16-14-12-10-8-6-4-2/h5,7,11,13,17,19,22-25,56H,3-4,6,8-10,12,14-16,18,20-21,26-55,58H2,1-2H3,(H,60,61)/b7-5-,13-11-,19-17-,24-22-,25-23-. The van der Waals surface area contributed by atoms with Crippen LogP contribution in [0.2, 0.25) is 0 Å². The average molecular weight is 948 g/mol. The molecule has 0 radical (unpaired) electrons. The monoisotopic (exact) mass is 948 g/mol. The highest BCUT2D eigenvalue weighted by molar-refractivity contribution is 7.47. The Kier molecular flexibility index (Phi) is 52.7. The Morgan fingerprint density at radius 2 is 0.848 bits per heavy atom. The Balaban J connectivity index is 3.89. The van der Waals surface area contributed by atoms with Crippen LogP contribution >= 0.6 is 7.82 Å². The summed E-state index contributed by atoms with van der Waals surface area (Å²) in [6, 6.07) is 0. The van der Waals surface area contributed by atoms with Crippen molar-refractivity contribution < 1.29 is 32.8 Å². The molecule has 0 bridgehead atoms. The van der Waals surface area contributed by atoms with Gasteiger partial charge in [-0.25, -0.2) is 4.57 Å². The second-order valence-corrected chi connectivity index (χ2v) is 19.9. The van der Waals surface area contributed by atoms with Crippen LogP contribution in [0.1, 0.15) is 258 Å². The molecule has 0 aliphatic rings. The van der Waals surface area contributed by atoms with Gasteiger partial charge in [-0.3, -0.25) is 13.8 Å². The van der Waals surface area contributed by atoms with E-state index in [2.05, 4.69) is 74.6 Å². The molecule has 0 fully saturated rings. The van der Waals surface area contributed by atoms with Crippen LogP contribution in [-0.2, 0) is 27.9 Å². The highest BCUT2D eigenvalue weighted by atomic mass is 31.2. The molecule has 0 aromatic rings. The molecule has 386 valence electrons. The molecule has 0 spiro atoms. The number of phosphoric acid groups is 1. The van der Waals surface area contributed by atoms with E-state index in [0.717, 1.165) is 57.8 Å². The Morgan fingerprint density at radius 1 is 0.470 bits per heavy atom. The third-order valence-electron chi connectivity index (χ3n) is 11.9. The number of rotatable bonds is 53. The fourth-order valence-corrected chi connectivity index (χ4v) is 8.63. The minimum atomic E-state index is -4.29. The van der Waals surface area contributed by atoms with E-state index >= 15 is 0 Å². The first-order valence-electron chi connectivity index (χ1n) is 27.8. The molecule has 0 aromatic heterocycles. The summed E-state index contributed by atoms with van der Waals surface area (Å²) < 4.78 is 33.7. The van der Waals surface area contributed by atoms with E-state index in [1.807, 2.05) is 0 Å². The van der Waals surface area contributed by atoms with Crippen molar-refractivity contribution in [1.82, 2.24) is 0 Å². The minimum Gasteiger partial charge on any atom is -0.457 e. The van der Waals surface area contributed by atoms with E-state index in [-0.39, 0.29) is 32.3 Å². The molecule has 0 rings (SSSR count). The van der Waals surface area contributed by atoms with Crippen LogP contribution in [0.5, 0.6) is 0 Å².